The van der Waals surface area contributed by atoms with Crippen LogP contribution in [0.2, 0.25) is 0 Å². The van der Waals surface area contributed by atoms with Crippen LogP contribution < -0.4 is 18.9 Å². The Kier molecular flexibility index (Phi) is 23.0. The Morgan fingerprint density at radius 1 is 0.404 bits per heavy atom. The van der Waals surface area contributed by atoms with Crippen LogP contribution in [0.1, 0.15) is 127 Å². The monoisotopic (exact) mass is 790 g/mol. The molecule has 0 bridgehead atoms. The van der Waals surface area contributed by atoms with E-state index in [2.05, 4.69) is 0 Å². The molecule has 312 valence electrons. The molecule has 0 atom stereocenters. The molecule has 0 fully saturated rings. The Morgan fingerprint density at radius 2 is 0.789 bits per heavy atom. The molecule has 0 heterocycles. The number of carbonyl (C=O) groups excluding carboxylic acids is 4. The van der Waals surface area contributed by atoms with Crippen LogP contribution in [0.15, 0.2) is 66.7 Å². The first kappa shape index (κ1) is 46.3. The summed E-state index contributed by atoms with van der Waals surface area (Å²) in [4.78, 5) is 47.1. The summed E-state index contributed by atoms with van der Waals surface area (Å²) >= 11 is 0. The number of ether oxygens (including phenoxy) is 7. The lowest BCUT2D eigenvalue weighted by Gasteiger charge is -2.14. The number of benzene rings is 3. The van der Waals surface area contributed by atoms with E-state index in [0.29, 0.717) is 81.7 Å². The van der Waals surface area contributed by atoms with Gasteiger partial charge >= 0.3 is 23.9 Å². The van der Waals surface area contributed by atoms with Gasteiger partial charge in [-0.1, -0.05) is 45.0 Å². The van der Waals surface area contributed by atoms with Crippen LogP contribution in [-0.2, 0) is 28.6 Å². The summed E-state index contributed by atoms with van der Waals surface area (Å²) in [6.45, 7) is 8.24. The zero-order chi connectivity index (χ0) is 40.9. The van der Waals surface area contributed by atoms with E-state index in [1.165, 1.54) is 0 Å². The zero-order valence-corrected chi connectivity index (χ0v) is 34.2. The second-order valence-electron chi connectivity index (χ2n) is 13.6. The molecule has 3 rings (SSSR count). The maximum absolute atomic E-state index is 13.3. The minimum atomic E-state index is -0.508. The molecule has 11 nitrogen and oxygen atoms in total. The molecule has 0 aromatic heterocycles. The van der Waals surface area contributed by atoms with Crippen LogP contribution in [0, 0.1) is 0 Å². The predicted molar refractivity (Wildman–Crippen MR) is 219 cm³/mol. The lowest BCUT2D eigenvalue weighted by Crippen LogP contribution is -2.10. The summed E-state index contributed by atoms with van der Waals surface area (Å²) in [6, 6.07) is 20.3. The van der Waals surface area contributed by atoms with E-state index in [-0.39, 0.29) is 17.9 Å². The van der Waals surface area contributed by atoms with Crippen molar-refractivity contribution in [1.29, 1.82) is 0 Å². The lowest BCUT2D eigenvalue weighted by molar-refractivity contribution is -0.144. The van der Waals surface area contributed by atoms with Crippen molar-refractivity contribution >= 4 is 23.9 Å². The van der Waals surface area contributed by atoms with Gasteiger partial charge in [0.15, 0.2) is 11.5 Å². The van der Waals surface area contributed by atoms with Gasteiger partial charge < -0.3 is 33.2 Å². The highest BCUT2D eigenvalue weighted by Crippen LogP contribution is 2.30. The Morgan fingerprint density at radius 3 is 1.23 bits per heavy atom. The van der Waals surface area contributed by atoms with E-state index in [1.807, 2.05) is 36.4 Å². The van der Waals surface area contributed by atoms with Gasteiger partial charge in [0.25, 0.3) is 0 Å². The molecule has 3 aromatic rings. The number of hydrogen-bond donors (Lipinski definition) is 0. The predicted octanol–water partition coefficient (Wildman–Crippen LogP) is 10.2. The number of hydrogen-bond acceptors (Lipinski definition) is 11. The highest BCUT2D eigenvalue weighted by atomic mass is 16.5. The van der Waals surface area contributed by atoms with Crippen molar-refractivity contribution in [3.63, 3.8) is 0 Å². The molecule has 0 spiro atoms. The van der Waals surface area contributed by atoms with Gasteiger partial charge in [-0.3, -0.25) is 14.4 Å². The van der Waals surface area contributed by atoms with Crippen LogP contribution in [-0.4, -0.2) is 63.5 Å². The van der Waals surface area contributed by atoms with Gasteiger partial charge in [0.05, 0.1) is 45.2 Å². The topological polar surface area (TPSA) is 133 Å². The van der Waals surface area contributed by atoms with Crippen LogP contribution in [0.25, 0.3) is 11.1 Å². The summed E-state index contributed by atoms with van der Waals surface area (Å²) in [5.41, 5.74) is 2.33. The second-order valence-corrected chi connectivity index (χ2v) is 13.6. The Labute approximate surface area is 338 Å². The van der Waals surface area contributed by atoms with Gasteiger partial charge in [-0.05, 0) is 131 Å². The molecule has 0 aliphatic carbocycles. The Bertz CT molecular complexity index is 1600. The van der Waals surface area contributed by atoms with E-state index in [9.17, 15) is 19.2 Å². The summed E-state index contributed by atoms with van der Waals surface area (Å²) in [5.74, 6) is 1.23. The van der Waals surface area contributed by atoms with Crippen molar-refractivity contribution in [2.24, 2.45) is 0 Å². The largest absolute Gasteiger partial charge is 0.494 e. The normalized spacial score (nSPS) is 10.7. The highest BCUT2D eigenvalue weighted by Gasteiger charge is 2.15. The number of carbonyl (C=O) groups is 4. The van der Waals surface area contributed by atoms with Gasteiger partial charge in [0.2, 0.25) is 0 Å². The summed E-state index contributed by atoms with van der Waals surface area (Å²) in [7, 11) is 0. The highest BCUT2D eigenvalue weighted by molar-refractivity contribution is 5.92. The third kappa shape index (κ3) is 19.6. The van der Waals surface area contributed by atoms with Crippen LogP contribution in [0.4, 0.5) is 0 Å². The first-order chi connectivity index (χ1) is 27.8. The van der Waals surface area contributed by atoms with Crippen molar-refractivity contribution in [3.05, 3.63) is 72.3 Å². The van der Waals surface area contributed by atoms with Gasteiger partial charge in [-0.2, -0.15) is 0 Å². The number of esters is 4. The molecule has 0 saturated heterocycles. The van der Waals surface area contributed by atoms with Crippen molar-refractivity contribution in [1.82, 2.24) is 0 Å². The van der Waals surface area contributed by atoms with Crippen molar-refractivity contribution < 1.29 is 52.3 Å². The first-order valence-electron chi connectivity index (χ1n) is 20.7. The average molecular weight is 791 g/mol. The van der Waals surface area contributed by atoms with Gasteiger partial charge in [0.1, 0.15) is 11.5 Å². The van der Waals surface area contributed by atoms with E-state index in [4.69, 9.17) is 33.2 Å². The molecule has 0 aliphatic heterocycles. The molecule has 0 saturated carbocycles. The fourth-order valence-corrected chi connectivity index (χ4v) is 5.58. The molecule has 0 unspecified atom stereocenters. The molecular formula is C46H62O11. The van der Waals surface area contributed by atoms with Crippen LogP contribution in [0.5, 0.6) is 23.0 Å². The molecule has 3 aromatic carbocycles. The van der Waals surface area contributed by atoms with Crippen molar-refractivity contribution in [2.75, 3.05) is 39.6 Å². The number of unbranched alkanes of at least 4 members (excludes halogenated alkanes) is 9. The van der Waals surface area contributed by atoms with Crippen LogP contribution in [0.3, 0.4) is 0 Å². The first-order valence-corrected chi connectivity index (χ1v) is 20.7. The van der Waals surface area contributed by atoms with Gasteiger partial charge in [-0.25, -0.2) is 4.79 Å². The summed E-state index contributed by atoms with van der Waals surface area (Å²) < 4.78 is 39.2. The van der Waals surface area contributed by atoms with E-state index >= 15 is 0 Å². The van der Waals surface area contributed by atoms with Crippen LogP contribution >= 0.6 is 0 Å². The number of rotatable bonds is 30. The molecule has 0 aliphatic rings. The summed E-state index contributed by atoms with van der Waals surface area (Å²) in [6.07, 6.45) is 11.9. The van der Waals surface area contributed by atoms with Gasteiger partial charge in [-0.15, -0.1) is 0 Å². The quantitative estimate of drug-likeness (QED) is 0.0276. The molecule has 11 heteroatoms. The third-order valence-electron chi connectivity index (χ3n) is 8.99. The molecule has 0 radical (unpaired) electrons. The third-order valence-corrected chi connectivity index (χ3v) is 8.99. The standard InChI is InChI=1S/C46H62O11/c1-4-43(47)54-32-16-10-7-13-29-51-39-24-19-36(20-25-39)37-21-26-40(27-22-37)57-46(50)38-23-28-41(52-30-14-8-11-17-33-55-44(48)5-2)42(35-38)53-31-15-9-12-18-34-56-45(49)6-3/h19-28,35H,4-18,29-34H2,1-3H3. The van der Waals surface area contributed by atoms with E-state index in [0.717, 1.165) is 93.9 Å². The second kappa shape index (κ2) is 28.4. The minimum absolute atomic E-state index is 0.152. The Balaban J connectivity index is 1.48. The Hall–Kier alpha value is -5.06. The molecular weight excluding hydrogens is 728 g/mol. The molecule has 0 N–H and O–H groups in total. The molecule has 57 heavy (non-hydrogen) atoms. The van der Waals surface area contributed by atoms with Crippen molar-refractivity contribution in [3.8, 4) is 34.1 Å². The minimum Gasteiger partial charge on any atom is -0.494 e. The SMILES string of the molecule is CCC(=O)OCCCCCCOc1ccc(-c2ccc(OC(=O)c3ccc(OCCCCCCOC(=O)CC)c(OCCCCCCOC(=O)CC)c3)cc2)cc1. The van der Waals surface area contributed by atoms with E-state index in [1.54, 1.807) is 51.1 Å². The maximum atomic E-state index is 13.3. The fraction of sp³-hybridized carbons (Fsp3) is 0.522. The average Bonchev–Trinajstić information content (AvgIpc) is 3.24. The van der Waals surface area contributed by atoms with Crippen molar-refractivity contribution in [2.45, 2.75) is 117 Å². The van der Waals surface area contributed by atoms with Gasteiger partial charge in [0, 0.05) is 19.3 Å². The lowest BCUT2D eigenvalue weighted by atomic mass is 10.1. The van der Waals surface area contributed by atoms with E-state index < -0.39 is 5.97 Å². The maximum Gasteiger partial charge on any atom is 0.343 e. The molecule has 0 amide bonds. The smallest absolute Gasteiger partial charge is 0.343 e. The fourth-order valence-electron chi connectivity index (χ4n) is 5.58. The zero-order valence-electron chi connectivity index (χ0n) is 34.2. The summed E-state index contributed by atoms with van der Waals surface area (Å²) in [5, 5.41) is 0.